The van der Waals surface area contributed by atoms with Crippen LogP contribution in [0.4, 0.5) is 0 Å². The normalized spacial score (nSPS) is 13.8. The second-order valence-electron chi connectivity index (χ2n) is 6.66. The molecule has 0 saturated carbocycles. The molecule has 0 atom stereocenters. The number of hydrogen-bond acceptors (Lipinski definition) is 5. The van der Waals surface area contributed by atoms with E-state index in [-0.39, 0.29) is 5.91 Å². The number of ether oxygens (including phenoxy) is 2. The van der Waals surface area contributed by atoms with Gasteiger partial charge in [0.25, 0.3) is 11.8 Å². The van der Waals surface area contributed by atoms with Crippen molar-refractivity contribution in [2.45, 2.75) is 19.4 Å². The number of rotatable bonds is 6. The summed E-state index contributed by atoms with van der Waals surface area (Å²) in [7, 11) is 3.02. The summed E-state index contributed by atoms with van der Waals surface area (Å²) in [5, 5.41) is 0. The summed E-state index contributed by atoms with van der Waals surface area (Å²) >= 11 is 0. The van der Waals surface area contributed by atoms with E-state index in [4.69, 9.17) is 9.47 Å². The highest BCUT2D eigenvalue weighted by atomic mass is 16.5. The van der Waals surface area contributed by atoms with E-state index in [1.54, 1.807) is 24.3 Å². The lowest BCUT2D eigenvalue weighted by molar-refractivity contribution is 0.0846. The van der Waals surface area contributed by atoms with E-state index in [0.29, 0.717) is 22.6 Å². The van der Waals surface area contributed by atoms with Gasteiger partial charge in [0.1, 0.15) is 0 Å². The van der Waals surface area contributed by atoms with Crippen LogP contribution in [0.1, 0.15) is 39.1 Å². The maximum absolute atomic E-state index is 12.4. The van der Waals surface area contributed by atoms with Crippen molar-refractivity contribution in [1.29, 1.82) is 0 Å². The third-order valence-electron chi connectivity index (χ3n) is 4.73. The smallest absolute Gasteiger partial charge is 0.269 e. The van der Waals surface area contributed by atoms with Crippen molar-refractivity contribution < 1.29 is 19.1 Å². The molecule has 1 heterocycles. The van der Waals surface area contributed by atoms with E-state index >= 15 is 0 Å². The van der Waals surface area contributed by atoms with E-state index in [9.17, 15) is 9.59 Å². The standard InChI is InChI=1S/C21H25N3O4/c1-27-18-9-8-17(13-19(18)28-2)21(26)23-22-20(25)16-7-5-6-15(12-16)14-24-10-3-4-11-24/h5-9,12-13H,3-4,10-11,14H2,1-2H3,(H,22,25)(H,23,26). The summed E-state index contributed by atoms with van der Waals surface area (Å²) in [6.45, 7) is 3.02. The number of nitrogens with one attached hydrogen (secondary N) is 2. The predicted molar refractivity (Wildman–Crippen MR) is 105 cm³/mol. The number of amides is 2. The molecule has 0 aromatic heterocycles. The van der Waals surface area contributed by atoms with Crippen LogP contribution in [0.15, 0.2) is 42.5 Å². The van der Waals surface area contributed by atoms with Crippen molar-refractivity contribution in [1.82, 2.24) is 15.8 Å². The van der Waals surface area contributed by atoms with Gasteiger partial charge in [0.05, 0.1) is 14.2 Å². The molecule has 1 aliphatic rings. The Morgan fingerprint density at radius 2 is 1.54 bits per heavy atom. The van der Waals surface area contributed by atoms with Crippen LogP contribution in [0.3, 0.4) is 0 Å². The van der Waals surface area contributed by atoms with Crippen molar-refractivity contribution >= 4 is 11.8 Å². The van der Waals surface area contributed by atoms with Crippen molar-refractivity contribution in [3.05, 3.63) is 59.2 Å². The first kappa shape index (κ1) is 19.7. The maximum Gasteiger partial charge on any atom is 0.269 e. The van der Waals surface area contributed by atoms with Gasteiger partial charge in [-0.25, -0.2) is 0 Å². The molecule has 1 saturated heterocycles. The van der Waals surface area contributed by atoms with E-state index in [2.05, 4.69) is 15.8 Å². The number of carbonyl (C=O) groups is 2. The molecule has 3 rings (SSSR count). The topological polar surface area (TPSA) is 79.9 Å². The van der Waals surface area contributed by atoms with Gasteiger partial charge in [-0.3, -0.25) is 25.3 Å². The second kappa shape index (κ2) is 9.23. The molecule has 0 unspecified atom stereocenters. The molecule has 2 amide bonds. The average molecular weight is 383 g/mol. The minimum atomic E-state index is -0.442. The van der Waals surface area contributed by atoms with Crippen LogP contribution in [0.2, 0.25) is 0 Å². The lowest BCUT2D eigenvalue weighted by atomic mass is 10.1. The second-order valence-corrected chi connectivity index (χ2v) is 6.66. The Hall–Kier alpha value is -3.06. The number of hydrazine groups is 1. The first-order valence-electron chi connectivity index (χ1n) is 9.24. The Bertz CT molecular complexity index is 847. The van der Waals surface area contributed by atoms with Crippen LogP contribution in [0, 0.1) is 0 Å². The van der Waals surface area contributed by atoms with Crippen molar-refractivity contribution in [3.63, 3.8) is 0 Å². The molecule has 1 aliphatic heterocycles. The lowest BCUT2D eigenvalue weighted by Gasteiger charge is -2.15. The molecular weight excluding hydrogens is 358 g/mol. The molecule has 2 aromatic rings. The predicted octanol–water partition coefficient (Wildman–Crippen LogP) is 2.37. The fourth-order valence-corrected chi connectivity index (χ4v) is 3.25. The summed E-state index contributed by atoms with van der Waals surface area (Å²) in [5.41, 5.74) is 6.83. The van der Waals surface area contributed by atoms with E-state index in [1.165, 1.54) is 27.1 Å². The zero-order chi connectivity index (χ0) is 19.9. The first-order valence-corrected chi connectivity index (χ1v) is 9.24. The molecule has 7 nitrogen and oxygen atoms in total. The van der Waals surface area contributed by atoms with Crippen molar-refractivity contribution in [2.24, 2.45) is 0 Å². The molecule has 148 valence electrons. The quantitative estimate of drug-likeness (QED) is 0.749. The number of nitrogens with zero attached hydrogens (tertiary/aromatic N) is 1. The molecule has 28 heavy (non-hydrogen) atoms. The Balaban J connectivity index is 1.59. The third kappa shape index (κ3) is 4.80. The molecule has 0 bridgehead atoms. The van der Waals surface area contributed by atoms with Gasteiger partial charge in [-0.1, -0.05) is 12.1 Å². The van der Waals surface area contributed by atoms with Gasteiger partial charge in [0.2, 0.25) is 0 Å². The van der Waals surface area contributed by atoms with Crippen LogP contribution in [0.25, 0.3) is 0 Å². The maximum atomic E-state index is 12.4. The highest BCUT2D eigenvalue weighted by Gasteiger charge is 2.14. The summed E-state index contributed by atoms with van der Waals surface area (Å²) in [4.78, 5) is 27.1. The van der Waals surface area contributed by atoms with Gasteiger partial charge in [-0.15, -0.1) is 0 Å². The molecule has 0 aliphatic carbocycles. The summed E-state index contributed by atoms with van der Waals surface area (Å²) < 4.78 is 10.3. The Kier molecular flexibility index (Phi) is 6.49. The van der Waals surface area contributed by atoms with E-state index in [1.807, 2.05) is 18.2 Å². The molecule has 0 radical (unpaired) electrons. The van der Waals surface area contributed by atoms with Crippen LogP contribution in [0.5, 0.6) is 11.5 Å². The zero-order valence-electron chi connectivity index (χ0n) is 16.2. The Labute approximate surface area is 164 Å². The largest absolute Gasteiger partial charge is 0.493 e. The highest BCUT2D eigenvalue weighted by molar-refractivity contribution is 5.99. The number of carbonyl (C=O) groups excluding carboxylic acids is 2. The minimum Gasteiger partial charge on any atom is -0.493 e. The Morgan fingerprint density at radius 1 is 0.893 bits per heavy atom. The molecule has 2 N–H and O–H groups in total. The summed E-state index contributed by atoms with van der Waals surface area (Å²) in [6, 6.07) is 12.2. The van der Waals surface area contributed by atoms with Gasteiger partial charge >= 0.3 is 0 Å². The molecule has 0 spiro atoms. The van der Waals surface area contributed by atoms with Crippen LogP contribution < -0.4 is 20.3 Å². The monoisotopic (exact) mass is 383 g/mol. The lowest BCUT2D eigenvalue weighted by Crippen LogP contribution is -2.41. The fraction of sp³-hybridized carbons (Fsp3) is 0.333. The van der Waals surface area contributed by atoms with Gasteiger partial charge < -0.3 is 9.47 Å². The molecule has 1 fully saturated rings. The Morgan fingerprint density at radius 3 is 2.18 bits per heavy atom. The van der Waals surface area contributed by atoms with Gasteiger partial charge in [0.15, 0.2) is 11.5 Å². The number of hydrogen-bond donors (Lipinski definition) is 2. The minimum absolute atomic E-state index is 0.348. The van der Waals surface area contributed by atoms with Gasteiger partial charge in [0, 0.05) is 17.7 Å². The highest BCUT2D eigenvalue weighted by Crippen LogP contribution is 2.27. The van der Waals surface area contributed by atoms with Gasteiger partial charge in [-0.2, -0.15) is 0 Å². The average Bonchev–Trinajstić information content (AvgIpc) is 3.24. The van der Waals surface area contributed by atoms with Crippen LogP contribution >= 0.6 is 0 Å². The molecular formula is C21H25N3O4. The first-order chi connectivity index (χ1) is 13.6. The number of methoxy groups -OCH3 is 2. The SMILES string of the molecule is COc1ccc(C(=O)NNC(=O)c2cccc(CN3CCCC3)c2)cc1OC. The zero-order valence-corrected chi connectivity index (χ0v) is 16.2. The summed E-state index contributed by atoms with van der Waals surface area (Å²) in [6.07, 6.45) is 2.45. The fourth-order valence-electron chi connectivity index (χ4n) is 3.25. The number of benzene rings is 2. The molecule has 2 aromatic carbocycles. The van der Waals surface area contributed by atoms with Crippen LogP contribution in [-0.4, -0.2) is 44.0 Å². The number of likely N-dealkylation sites (tertiary alicyclic amines) is 1. The van der Waals surface area contributed by atoms with Crippen molar-refractivity contribution in [2.75, 3.05) is 27.3 Å². The summed E-state index contributed by atoms with van der Waals surface area (Å²) in [5.74, 6) is 0.161. The third-order valence-corrected chi connectivity index (χ3v) is 4.73. The van der Waals surface area contributed by atoms with Crippen LogP contribution in [-0.2, 0) is 6.54 Å². The molecule has 7 heteroatoms. The van der Waals surface area contributed by atoms with Gasteiger partial charge in [-0.05, 0) is 61.8 Å². The van der Waals surface area contributed by atoms with Crippen molar-refractivity contribution in [3.8, 4) is 11.5 Å². The van der Waals surface area contributed by atoms with E-state index in [0.717, 1.165) is 25.2 Å². The van der Waals surface area contributed by atoms with E-state index < -0.39 is 5.91 Å².